The predicted octanol–water partition coefficient (Wildman–Crippen LogP) is 4.07. The zero-order valence-corrected chi connectivity index (χ0v) is 12.5. The number of amides is 1. The van der Waals surface area contributed by atoms with Gasteiger partial charge in [0.15, 0.2) is 0 Å². The molecule has 1 aromatic heterocycles. The molecule has 1 aliphatic carbocycles. The molecule has 4 nitrogen and oxygen atoms in total. The van der Waals surface area contributed by atoms with Crippen molar-refractivity contribution in [3.05, 3.63) is 65.9 Å². The van der Waals surface area contributed by atoms with Crippen LogP contribution in [-0.2, 0) is 0 Å². The highest BCUT2D eigenvalue weighted by Gasteiger charge is 2.26. The average Bonchev–Trinajstić information content (AvgIpc) is 3.38. The fraction of sp³-hybridized carbons (Fsp3) is 0.158. The van der Waals surface area contributed by atoms with Crippen LogP contribution >= 0.6 is 0 Å². The van der Waals surface area contributed by atoms with Crippen LogP contribution in [-0.4, -0.2) is 16.0 Å². The fourth-order valence-electron chi connectivity index (χ4n) is 2.75. The highest BCUT2D eigenvalue weighted by atomic mass is 16.3. The minimum Gasteiger partial charge on any atom is -0.508 e. The molecule has 1 heterocycles. The highest BCUT2D eigenvalue weighted by Crippen LogP contribution is 2.40. The molecule has 2 N–H and O–H groups in total. The van der Waals surface area contributed by atoms with Crippen molar-refractivity contribution in [1.82, 2.24) is 4.98 Å². The Morgan fingerprint density at radius 1 is 1.09 bits per heavy atom. The summed E-state index contributed by atoms with van der Waals surface area (Å²) in [6.07, 6.45) is 2.28. The summed E-state index contributed by atoms with van der Waals surface area (Å²) in [5.74, 6) is 0.420. The summed E-state index contributed by atoms with van der Waals surface area (Å²) in [5.41, 5.74) is 3.03. The molecule has 1 saturated carbocycles. The van der Waals surface area contributed by atoms with Gasteiger partial charge in [-0.3, -0.25) is 9.78 Å². The fourth-order valence-corrected chi connectivity index (χ4v) is 2.75. The Hall–Kier alpha value is -2.88. The van der Waals surface area contributed by atoms with Gasteiger partial charge in [-0.2, -0.15) is 0 Å². The first-order chi connectivity index (χ1) is 11.2. The van der Waals surface area contributed by atoms with E-state index in [0.717, 1.165) is 29.4 Å². The van der Waals surface area contributed by atoms with E-state index in [2.05, 4.69) is 10.3 Å². The quantitative estimate of drug-likeness (QED) is 0.766. The van der Waals surface area contributed by atoms with Crippen LogP contribution in [0.5, 0.6) is 5.75 Å². The number of phenolic OH excluding ortho intramolecular Hbond substituents is 1. The monoisotopic (exact) mass is 304 g/mol. The Bertz CT molecular complexity index is 901. The molecule has 1 amide bonds. The molecule has 4 rings (SSSR count). The topological polar surface area (TPSA) is 62.2 Å². The third-order valence-electron chi connectivity index (χ3n) is 4.08. The van der Waals surface area contributed by atoms with Crippen LogP contribution in [0.3, 0.4) is 0 Å². The molecule has 0 spiro atoms. The van der Waals surface area contributed by atoms with Crippen molar-refractivity contribution in [3.63, 3.8) is 0 Å². The SMILES string of the molecule is O=C(Nc1cccc(O)c1)c1cc(C2CC2)nc2ccccc12. The molecule has 1 aliphatic rings. The molecule has 3 aromatic rings. The van der Waals surface area contributed by atoms with Gasteiger partial charge in [0.2, 0.25) is 0 Å². The predicted molar refractivity (Wildman–Crippen MR) is 89.8 cm³/mol. The lowest BCUT2D eigenvalue weighted by molar-refractivity contribution is 0.102. The van der Waals surface area contributed by atoms with Crippen molar-refractivity contribution in [2.75, 3.05) is 5.32 Å². The van der Waals surface area contributed by atoms with Crippen molar-refractivity contribution in [3.8, 4) is 5.75 Å². The Balaban J connectivity index is 1.75. The van der Waals surface area contributed by atoms with Crippen LogP contribution in [0.15, 0.2) is 54.6 Å². The van der Waals surface area contributed by atoms with Crippen LogP contribution in [0.25, 0.3) is 10.9 Å². The summed E-state index contributed by atoms with van der Waals surface area (Å²) in [7, 11) is 0. The molecular weight excluding hydrogens is 288 g/mol. The minimum atomic E-state index is -0.184. The van der Waals surface area contributed by atoms with E-state index < -0.39 is 0 Å². The zero-order chi connectivity index (χ0) is 15.8. The Labute approximate surface area is 133 Å². The van der Waals surface area contributed by atoms with Crippen LogP contribution < -0.4 is 5.32 Å². The van der Waals surface area contributed by atoms with Crippen LogP contribution in [0.4, 0.5) is 5.69 Å². The van der Waals surface area contributed by atoms with Crippen molar-refractivity contribution in [2.45, 2.75) is 18.8 Å². The van der Waals surface area contributed by atoms with Gasteiger partial charge in [-0.25, -0.2) is 0 Å². The van der Waals surface area contributed by atoms with E-state index in [0.29, 0.717) is 17.2 Å². The molecule has 0 bridgehead atoms. The summed E-state index contributed by atoms with van der Waals surface area (Å²) in [6, 6.07) is 16.1. The first-order valence-electron chi connectivity index (χ1n) is 7.71. The van der Waals surface area contributed by atoms with Gasteiger partial charge >= 0.3 is 0 Å². The van der Waals surface area contributed by atoms with E-state index in [1.165, 1.54) is 6.07 Å². The second-order valence-corrected chi connectivity index (χ2v) is 5.89. The van der Waals surface area contributed by atoms with Gasteiger partial charge in [0, 0.05) is 28.8 Å². The second-order valence-electron chi connectivity index (χ2n) is 5.89. The number of benzene rings is 2. The number of hydrogen-bond donors (Lipinski definition) is 2. The number of aromatic nitrogens is 1. The highest BCUT2D eigenvalue weighted by molar-refractivity contribution is 6.12. The van der Waals surface area contributed by atoms with Gasteiger partial charge < -0.3 is 10.4 Å². The Kier molecular flexibility index (Phi) is 3.23. The van der Waals surface area contributed by atoms with E-state index in [9.17, 15) is 9.90 Å². The third-order valence-corrected chi connectivity index (χ3v) is 4.08. The summed E-state index contributed by atoms with van der Waals surface area (Å²) in [5, 5.41) is 13.2. The van der Waals surface area contributed by atoms with Crippen LogP contribution in [0.2, 0.25) is 0 Å². The molecule has 0 aliphatic heterocycles. The van der Waals surface area contributed by atoms with Crippen molar-refractivity contribution in [2.24, 2.45) is 0 Å². The second kappa shape index (κ2) is 5.39. The smallest absolute Gasteiger partial charge is 0.256 e. The van der Waals surface area contributed by atoms with E-state index >= 15 is 0 Å². The summed E-state index contributed by atoms with van der Waals surface area (Å²) < 4.78 is 0. The molecule has 114 valence electrons. The largest absolute Gasteiger partial charge is 0.508 e. The Morgan fingerprint density at radius 3 is 2.70 bits per heavy atom. The number of nitrogens with zero attached hydrogens (tertiary/aromatic N) is 1. The van der Waals surface area contributed by atoms with Crippen molar-refractivity contribution < 1.29 is 9.90 Å². The van der Waals surface area contributed by atoms with Gasteiger partial charge in [-0.15, -0.1) is 0 Å². The molecule has 1 fully saturated rings. The van der Waals surface area contributed by atoms with E-state index in [1.54, 1.807) is 18.2 Å². The minimum absolute atomic E-state index is 0.126. The number of anilines is 1. The number of carbonyl (C=O) groups is 1. The number of para-hydroxylation sites is 1. The standard InChI is InChI=1S/C19H16N2O2/c22-14-5-3-4-13(10-14)20-19(23)16-11-18(12-8-9-12)21-17-7-2-1-6-15(16)17/h1-7,10-12,22H,8-9H2,(H,20,23). The number of hydrogen-bond acceptors (Lipinski definition) is 3. The van der Waals surface area contributed by atoms with Crippen molar-refractivity contribution in [1.29, 1.82) is 0 Å². The number of rotatable bonds is 3. The molecule has 0 saturated heterocycles. The number of nitrogens with one attached hydrogen (secondary N) is 1. The van der Waals surface area contributed by atoms with Gasteiger partial charge in [-0.1, -0.05) is 24.3 Å². The van der Waals surface area contributed by atoms with Crippen LogP contribution in [0, 0.1) is 0 Å². The summed E-state index contributed by atoms with van der Waals surface area (Å²) in [4.78, 5) is 17.4. The van der Waals surface area contributed by atoms with Gasteiger partial charge in [0.05, 0.1) is 11.1 Å². The lowest BCUT2D eigenvalue weighted by Crippen LogP contribution is -2.13. The number of phenols is 1. The molecule has 4 heteroatoms. The first kappa shape index (κ1) is 13.8. The number of aromatic hydroxyl groups is 1. The molecule has 0 atom stereocenters. The lowest BCUT2D eigenvalue weighted by Gasteiger charge is -2.10. The van der Waals surface area contributed by atoms with E-state index in [-0.39, 0.29) is 11.7 Å². The molecule has 2 aromatic carbocycles. The van der Waals surface area contributed by atoms with Gasteiger partial charge in [0.1, 0.15) is 5.75 Å². The van der Waals surface area contributed by atoms with Gasteiger partial charge in [-0.05, 0) is 37.1 Å². The maximum atomic E-state index is 12.7. The number of carbonyl (C=O) groups excluding carboxylic acids is 1. The normalized spacial score (nSPS) is 13.9. The lowest BCUT2D eigenvalue weighted by atomic mass is 10.1. The zero-order valence-electron chi connectivity index (χ0n) is 12.5. The third kappa shape index (κ3) is 2.75. The molecular formula is C19H16N2O2. The van der Waals surface area contributed by atoms with Crippen LogP contribution in [0.1, 0.15) is 34.8 Å². The van der Waals surface area contributed by atoms with Crippen molar-refractivity contribution >= 4 is 22.5 Å². The maximum absolute atomic E-state index is 12.7. The molecule has 0 unspecified atom stereocenters. The number of pyridine rings is 1. The van der Waals surface area contributed by atoms with E-state index in [4.69, 9.17) is 0 Å². The maximum Gasteiger partial charge on any atom is 0.256 e. The average molecular weight is 304 g/mol. The van der Waals surface area contributed by atoms with E-state index in [1.807, 2.05) is 30.3 Å². The summed E-state index contributed by atoms with van der Waals surface area (Å²) >= 11 is 0. The first-order valence-corrected chi connectivity index (χ1v) is 7.71. The summed E-state index contributed by atoms with van der Waals surface area (Å²) in [6.45, 7) is 0. The molecule has 0 radical (unpaired) electrons. The molecule has 23 heavy (non-hydrogen) atoms. The number of fused-ring (bicyclic) bond motifs is 1. The van der Waals surface area contributed by atoms with Gasteiger partial charge in [0.25, 0.3) is 5.91 Å². The Morgan fingerprint density at radius 2 is 1.91 bits per heavy atom.